The largest absolute Gasteiger partial charge is 0.504 e. The highest BCUT2D eigenvalue weighted by molar-refractivity contribution is 9.10. The lowest BCUT2D eigenvalue weighted by Gasteiger charge is -2.09. The molecule has 0 saturated carbocycles. The second kappa shape index (κ2) is 6.29. The number of hydrogen-bond donors (Lipinski definition) is 2. The van der Waals surface area contributed by atoms with Crippen LogP contribution in [-0.4, -0.2) is 18.1 Å². The summed E-state index contributed by atoms with van der Waals surface area (Å²) in [5, 5.41) is 21.4. The van der Waals surface area contributed by atoms with Crippen molar-refractivity contribution in [1.82, 2.24) is 0 Å². The minimum Gasteiger partial charge on any atom is -0.504 e. The zero-order valence-electron chi connectivity index (χ0n) is 11.1. The molecule has 0 atom stereocenters. The van der Waals surface area contributed by atoms with E-state index < -0.39 is 5.91 Å². The third kappa shape index (κ3) is 3.33. The van der Waals surface area contributed by atoms with Crippen LogP contribution in [0.4, 0.5) is 5.69 Å². The third-order valence-electron chi connectivity index (χ3n) is 2.79. The van der Waals surface area contributed by atoms with Gasteiger partial charge in [-0.3, -0.25) is 4.79 Å². The van der Waals surface area contributed by atoms with Crippen LogP contribution in [0.5, 0.6) is 11.5 Å². The normalized spacial score (nSPS) is 9.76. The number of rotatable bonds is 3. The molecule has 6 heteroatoms. The van der Waals surface area contributed by atoms with Crippen molar-refractivity contribution in [1.29, 1.82) is 5.26 Å². The summed E-state index contributed by atoms with van der Waals surface area (Å²) in [5.74, 6) is -0.269. The van der Waals surface area contributed by atoms with E-state index in [-0.39, 0.29) is 17.1 Å². The fraction of sp³-hybridized carbons (Fsp3) is 0.0667. The van der Waals surface area contributed by atoms with Crippen LogP contribution >= 0.6 is 15.9 Å². The van der Waals surface area contributed by atoms with Crippen LogP contribution in [0.15, 0.2) is 40.9 Å². The number of nitrogens with one attached hydrogen (secondary N) is 1. The Labute approximate surface area is 129 Å². The highest BCUT2D eigenvalue weighted by Gasteiger charge is 2.12. The van der Waals surface area contributed by atoms with E-state index in [1.807, 2.05) is 6.07 Å². The highest BCUT2D eigenvalue weighted by atomic mass is 79.9. The van der Waals surface area contributed by atoms with E-state index in [9.17, 15) is 9.90 Å². The molecule has 0 aliphatic rings. The molecule has 0 bridgehead atoms. The van der Waals surface area contributed by atoms with Crippen LogP contribution in [0.25, 0.3) is 0 Å². The van der Waals surface area contributed by atoms with Crippen LogP contribution in [0.2, 0.25) is 0 Å². The van der Waals surface area contributed by atoms with Gasteiger partial charge in [-0.2, -0.15) is 5.26 Å². The molecule has 2 N–H and O–H groups in total. The van der Waals surface area contributed by atoms with Crippen LogP contribution < -0.4 is 10.1 Å². The second-order valence-electron chi connectivity index (χ2n) is 4.14. The number of carbonyl (C=O) groups excluding carboxylic acids is 1. The number of methoxy groups -OCH3 is 1. The van der Waals surface area contributed by atoms with Crippen LogP contribution in [0.1, 0.15) is 15.9 Å². The molecule has 0 radical (unpaired) electrons. The van der Waals surface area contributed by atoms with Gasteiger partial charge in [0, 0.05) is 10.0 Å². The Morgan fingerprint density at radius 1 is 1.33 bits per heavy atom. The van der Waals surface area contributed by atoms with E-state index in [2.05, 4.69) is 21.2 Å². The zero-order chi connectivity index (χ0) is 15.4. The maximum Gasteiger partial charge on any atom is 0.255 e. The number of nitrogens with zero attached hydrogens (tertiary/aromatic N) is 1. The molecule has 0 aliphatic heterocycles. The number of phenols is 1. The molecular weight excluding hydrogens is 336 g/mol. The lowest BCUT2D eigenvalue weighted by Crippen LogP contribution is -2.12. The van der Waals surface area contributed by atoms with Crippen molar-refractivity contribution >= 4 is 27.5 Å². The highest BCUT2D eigenvalue weighted by Crippen LogP contribution is 2.27. The number of ether oxygens (including phenoxy) is 1. The Morgan fingerprint density at radius 2 is 2.10 bits per heavy atom. The molecule has 2 aromatic rings. The van der Waals surface area contributed by atoms with E-state index in [0.29, 0.717) is 11.3 Å². The average Bonchev–Trinajstić information content (AvgIpc) is 2.47. The summed E-state index contributed by atoms with van der Waals surface area (Å²) < 4.78 is 5.66. The van der Waals surface area contributed by atoms with Crippen molar-refractivity contribution in [2.45, 2.75) is 0 Å². The van der Waals surface area contributed by atoms with Gasteiger partial charge in [0.1, 0.15) is 6.07 Å². The van der Waals surface area contributed by atoms with Gasteiger partial charge >= 0.3 is 0 Å². The summed E-state index contributed by atoms with van der Waals surface area (Å²) in [4.78, 5) is 12.2. The van der Waals surface area contributed by atoms with E-state index in [4.69, 9.17) is 10.00 Å². The number of phenolic OH excluding ortho intramolecular Hbond substituents is 1. The maximum absolute atomic E-state index is 12.2. The number of carbonyl (C=O) groups is 1. The number of amides is 1. The predicted molar refractivity (Wildman–Crippen MR) is 81.5 cm³/mol. The first-order chi connectivity index (χ1) is 10.0. The fourth-order valence-electron chi connectivity index (χ4n) is 1.74. The number of benzene rings is 2. The first-order valence-corrected chi connectivity index (χ1v) is 6.72. The van der Waals surface area contributed by atoms with Gasteiger partial charge < -0.3 is 15.2 Å². The Bertz CT molecular complexity index is 738. The van der Waals surface area contributed by atoms with E-state index >= 15 is 0 Å². The smallest absolute Gasteiger partial charge is 0.255 e. The molecule has 5 nitrogen and oxygen atoms in total. The molecule has 2 aromatic carbocycles. The van der Waals surface area contributed by atoms with Crippen molar-refractivity contribution in [2.75, 3.05) is 12.4 Å². The van der Waals surface area contributed by atoms with Crippen molar-refractivity contribution in [3.8, 4) is 17.6 Å². The number of hydrogen-bond acceptors (Lipinski definition) is 4. The van der Waals surface area contributed by atoms with Gasteiger partial charge in [-0.1, -0.05) is 15.9 Å². The standard InChI is InChI=1S/C15H11BrN2O3/c1-21-14-5-3-9(6-13(14)19)15(20)18-12-7-11(16)4-2-10(12)8-17/h2-7,19H,1H3,(H,18,20). The second-order valence-corrected chi connectivity index (χ2v) is 5.06. The Morgan fingerprint density at radius 3 is 2.71 bits per heavy atom. The van der Waals surface area contributed by atoms with Crippen molar-refractivity contribution in [3.05, 3.63) is 52.0 Å². The van der Waals surface area contributed by atoms with Crippen molar-refractivity contribution in [2.24, 2.45) is 0 Å². The fourth-order valence-corrected chi connectivity index (χ4v) is 2.10. The molecule has 0 aliphatic carbocycles. The predicted octanol–water partition coefficient (Wildman–Crippen LogP) is 3.29. The number of nitriles is 1. The molecule has 2 rings (SSSR count). The maximum atomic E-state index is 12.2. The molecule has 106 valence electrons. The lowest BCUT2D eigenvalue weighted by molar-refractivity contribution is 0.102. The summed E-state index contributed by atoms with van der Waals surface area (Å²) in [7, 11) is 1.43. The third-order valence-corrected chi connectivity index (χ3v) is 3.28. The van der Waals surface area contributed by atoms with Gasteiger partial charge in [0.15, 0.2) is 11.5 Å². The minimum atomic E-state index is -0.428. The van der Waals surface area contributed by atoms with Gasteiger partial charge in [-0.05, 0) is 36.4 Å². The molecule has 0 saturated heterocycles. The summed E-state index contributed by atoms with van der Waals surface area (Å²) in [6.07, 6.45) is 0. The van der Waals surface area contributed by atoms with Crippen LogP contribution in [0.3, 0.4) is 0 Å². The number of halogens is 1. The van der Waals surface area contributed by atoms with Gasteiger partial charge in [0.25, 0.3) is 5.91 Å². The summed E-state index contributed by atoms with van der Waals surface area (Å²) in [5.41, 5.74) is 1.01. The lowest BCUT2D eigenvalue weighted by atomic mass is 10.1. The van der Waals surface area contributed by atoms with Gasteiger partial charge in [0.05, 0.1) is 18.4 Å². The van der Waals surface area contributed by atoms with E-state index in [1.165, 1.54) is 25.3 Å². The Hall–Kier alpha value is -2.52. The monoisotopic (exact) mass is 346 g/mol. The number of anilines is 1. The van der Waals surface area contributed by atoms with Gasteiger partial charge in [-0.15, -0.1) is 0 Å². The van der Waals surface area contributed by atoms with Gasteiger partial charge in [0.2, 0.25) is 0 Å². The van der Waals surface area contributed by atoms with E-state index in [1.54, 1.807) is 18.2 Å². The zero-order valence-corrected chi connectivity index (χ0v) is 12.6. The van der Waals surface area contributed by atoms with E-state index in [0.717, 1.165) is 4.47 Å². The molecule has 0 aromatic heterocycles. The molecule has 1 amide bonds. The SMILES string of the molecule is COc1ccc(C(=O)Nc2cc(Br)ccc2C#N)cc1O. The molecule has 0 unspecified atom stereocenters. The summed E-state index contributed by atoms with van der Waals surface area (Å²) in [6.45, 7) is 0. The summed E-state index contributed by atoms with van der Waals surface area (Å²) >= 11 is 3.28. The van der Waals surface area contributed by atoms with Crippen LogP contribution in [-0.2, 0) is 0 Å². The molecular formula is C15H11BrN2O3. The number of aromatic hydroxyl groups is 1. The molecule has 0 spiro atoms. The average molecular weight is 347 g/mol. The first kappa shape index (κ1) is 14.9. The quantitative estimate of drug-likeness (QED) is 0.893. The first-order valence-electron chi connectivity index (χ1n) is 5.93. The van der Waals surface area contributed by atoms with Crippen LogP contribution in [0, 0.1) is 11.3 Å². The van der Waals surface area contributed by atoms with Crippen molar-refractivity contribution in [3.63, 3.8) is 0 Å². The topological polar surface area (TPSA) is 82.3 Å². The summed E-state index contributed by atoms with van der Waals surface area (Å²) in [6, 6.07) is 11.3. The minimum absolute atomic E-state index is 0.125. The molecule has 21 heavy (non-hydrogen) atoms. The van der Waals surface area contributed by atoms with Gasteiger partial charge in [-0.25, -0.2) is 0 Å². The van der Waals surface area contributed by atoms with Crippen molar-refractivity contribution < 1.29 is 14.6 Å². The molecule has 0 fully saturated rings. The Balaban J connectivity index is 2.28. The Kier molecular flexibility index (Phi) is 4.45. The molecule has 0 heterocycles.